The van der Waals surface area contributed by atoms with E-state index >= 15 is 0 Å². The zero-order chi connectivity index (χ0) is 22.9. The lowest BCUT2D eigenvalue weighted by Crippen LogP contribution is -2.57. The molecule has 5 atom stereocenters. The molecular weight excluding hydrogens is 473 g/mol. The molecule has 2 aromatic rings. The van der Waals surface area contributed by atoms with E-state index in [1.54, 1.807) is 24.3 Å². The number of alkyl halides is 2. The van der Waals surface area contributed by atoms with Gasteiger partial charge in [0.25, 0.3) is 0 Å². The van der Waals surface area contributed by atoms with Crippen molar-refractivity contribution in [1.82, 2.24) is 4.90 Å². The minimum Gasteiger partial charge on any atom is -0.359 e. The number of sulfone groups is 1. The van der Waals surface area contributed by atoms with Gasteiger partial charge >= 0.3 is 0 Å². The Kier molecular flexibility index (Phi) is 7.17. The molecule has 0 aliphatic carbocycles. The monoisotopic (exact) mass is 499 g/mol. The number of benzene rings is 2. The van der Waals surface area contributed by atoms with Crippen molar-refractivity contribution in [2.24, 2.45) is 0 Å². The van der Waals surface area contributed by atoms with Crippen molar-refractivity contribution in [2.45, 2.75) is 60.8 Å². The van der Waals surface area contributed by atoms with Gasteiger partial charge in [0.1, 0.15) is 23.7 Å². The van der Waals surface area contributed by atoms with Crippen LogP contribution in [-0.2, 0) is 30.6 Å². The Balaban J connectivity index is 0.000000775. The van der Waals surface area contributed by atoms with Gasteiger partial charge in [-0.2, -0.15) is 0 Å². The van der Waals surface area contributed by atoms with Gasteiger partial charge in [0.2, 0.25) is 0 Å². The summed E-state index contributed by atoms with van der Waals surface area (Å²) in [5.74, 6) is -0.758. The molecule has 2 aromatic carbocycles. The van der Waals surface area contributed by atoms with Gasteiger partial charge in [0.05, 0.1) is 22.9 Å². The van der Waals surface area contributed by atoms with E-state index in [0.29, 0.717) is 11.4 Å². The molecule has 9 heteroatoms. The van der Waals surface area contributed by atoms with Gasteiger partial charge < -0.3 is 14.2 Å². The molecule has 5 rings (SSSR count). The Morgan fingerprint density at radius 1 is 0.969 bits per heavy atom. The SMILES string of the molecule is CC1(C)O[C@@H]2[C@H](O1)[C@H]1OC[C@@H](S(=O)(=O)c3ccccc3)[C@@H]2N1Cc1ccccc1.ClCCl. The molecule has 3 saturated heterocycles. The molecule has 2 bridgehead atoms. The van der Waals surface area contributed by atoms with Crippen LogP contribution in [0.25, 0.3) is 0 Å². The first kappa shape index (κ1) is 24.0. The zero-order valence-electron chi connectivity index (χ0n) is 17.9. The van der Waals surface area contributed by atoms with Crippen LogP contribution in [0.1, 0.15) is 19.4 Å². The maximum absolute atomic E-state index is 13.5. The van der Waals surface area contributed by atoms with Crippen molar-refractivity contribution in [3.63, 3.8) is 0 Å². The number of hydrogen-bond acceptors (Lipinski definition) is 6. The van der Waals surface area contributed by atoms with Crippen LogP contribution in [0.15, 0.2) is 65.6 Å². The van der Waals surface area contributed by atoms with E-state index in [2.05, 4.69) is 4.90 Å². The predicted molar refractivity (Wildman–Crippen MR) is 123 cm³/mol. The number of halogens is 2. The number of ether oxygens (including phenoxy) is 3. The van der Waals surface area contributed by atoms with E-state index in [1.807, 2.05) is 50.2 Å². The fourth-order valence-electron chi connectivity index (χ4n) is 4.80. The largest absolute Gasteiger partial charge is 0.359 e. The van der Waals surface area contributed by atoms with Crippen LogP contribution in [0.5, 0.6) is 0 Å². The Morgan fingerprint density at radius 3 is 2.16 bits per heavy atom. The van der Waals surface area contributed by atoms with Crippen LogP contribution in [-0.4, -0.2) is 60.8 Å². The maximum Gasteiger partial charge on any atom is 0.185 e. The number of hydrogen-bond donors (Lipinski definition) is 0. The normalized spacial score (nSPS) is 30.9. The van der Waals surface area contributed by atoms with Gasteiger partial charge in [0.15, 0.2) is 15.6 Å². The fraction of sp³-hybridized carbons (Fsp3) is 0.478. The molecular formula is C23H27Cl2NO5S. The molecule has 0 amide bonds. The summed E-state index contributed by atoms with van der Waals surface area (Å²) in [7, 11) is -3.60. The molecule has 3 aliphatic heterocycles. The first-order valence-corrected chi connectivity index (χ1v) is 13.1. The van der Waals surface area contributed by atoms with Crippen LogP contribution < -0.4 is 0 Å². The number of rotatable bonds is 4. The van der Waals surface area contributed by atoms with E-state index in [4.69, 9.17) is 37.4 Å². The highest BCUT2D eigenvalue weighted by Crippen LogP contribution is 2.46. The van der Waals surface area contributed by atoms with Crippen molar-refractivity contribution in [1.29, 1.82) is 0 Å². The minimum atomic E-state index is -3.60. The van der Waals surface area contributed by atoms with Gasteiger partial charge in [-0.15, -0.1) is 23.2 Å². The smallest absolute Gasteiger partial charge is 0.185 e. The molecule has 0 aromatic heterocycles. The number of nitrogens with zero attached hydrogens (tertiary/aromatic N) is 1. The standard InChI is InChI=1S/C22H25NO5S.CH2Cl2/c1-22(2)27-19-18-17(29(24,25)16-11-7-4-8-12-16)14-26-21(20(19)28-22)23(18)13-15-9-5-3-6-10-15;2-1-3/h3-12,17-21H,13-14H2,1-2H3;1H2/t17-,18+,19+,20+,21-;/m1./s1. The summed E-state index contributed by atoms with van der Waals surface area (Å²) in [5, 5.41) is -0.530. The van der Waals surface area contributed by atoms with Crippen molar-refractivity contribution >= 4 is 33.0 Å². The Bertz CT molecular complexity index is 1010. The molecule has 0 unspecified atom stereocenters. The van der Waals surface area contributed by atoms with Gasteiger partial charge in [-0.1, -0.05) is 48.5 Å². The third-order valence-corrected chi connectivity index (χ3v) is 8.12. The summed E-state index contributed by atoms with van der Waals surface area (Å²) < 4.78 is 45.5. The summed E-state index contributed by atoms with van der Waals surface area (Å²) in [6, 6.07) is 18.3. The van der Waals surface area contributed by atoms with E-state index in [-0.39, 0.29) is 36.4 Å². The average molecular weight is 500 g/mol. The lowest BCUT2D eigenvalue weighted by Gasteiger charge is -2.41. The van der Waals surface area contributed by atoms with E-state index in [1.165, 1.54) is 0 Å². The van der Waals surface area contributed by atoms with Crippen molar-refractivity contribution < 1.29 is 22.6 Å². The van der Waals surface area contributed by atoms with Gasteiger partial charge in [-0.3, -0.25) is 4.90 Å². The molecule has 0 radical (unpaired) electrons. The third kappa shape index (κ3) is 4.57. The third-order valence-electron chi connectivity index (χ3n) is 5.98. The molecule has 0 spiro atoms. The molecule has 3 heterocycles. The molecule has 0 saturated carbocycles. The summed E-state index contributed by atoms with van der Waals surface area (Å²) >= 11 is 9.53. The lowest BCUT2D eigenvalue weighted by molar-refractivity contribution is -0.210. The second kappa shape index (κ2) is 9.58. The van der Waals surface area contributed by atoms with E-state index in [0.717, 1.165) is 5.56 Å². The minimum absolute atomic E-state index is 0.137. The van der Waals surface area contributed by atoms with Crippen LogP contribution in [0.3, 0.4) is 0 Å². The molecule has 0 N–H and O–H groups in total. The van der Waals surface area contributed by atoms with Crippen molar-refractivity contribution in [3.05, 3.63) is 66.2 Å². The van der Waals surface area contributed by atoms with Gasteiger partial charge in [-0.05, 0) is 31.5 Å². The molecule has 3 aliphatic rings. The Labute approximate surface area is 199 Å². The second-order valence-electron chi connectivity index (χ2n) is 8.43. The molecule has 6 nitrogen and oxygen atoms in total. The van der Waals surface area contributed by atoms with Crippen LogP contribution in [0.2, 0.25) is 0 Å². The summed E-state index contributed by atoms with van der Waals surface area (Å²) in [6.07, 6.45) is -0.992. The quantitative estimate of drug-likeness (QED) is 0.592. The van der Waals surface area contributed by atoms with Gasteiger partial charge in [0, 0.05) is 6.54 Å². The summed E-state index contributed by atoms with van der Waals surface area (Å²) in [5.41, 5.74) is 1.10. The molecule has 174 valence electrons. The van der Waals surface area contributed by atoms with Crippen LogP contribution in [0, 0.1) is 0 Å². The second-order valence-corrected chi connectivity index (χ2v) is 11.4. The van der Waals surface area contributed by atoms with Gasteiger partial charge in [-0.25, -0.2) is 8.42 Å². The van der Waals surface area contributed by atoms with E-state index < -0.39 is 20.9 Å². The molecule has 3 fully saturated rings. The zero-order valence-corrected chi connectivity index (χ0v) is 20.3. The first-order chi connectivity index (χ1) is 15.3. The Hall–Kier alpha value is -1.19. The first-order valence-electron chi connectivity index (χ1n) is 10.5. The lowest BCUT2D eigenvalue weighted by atomic mass is 10.1. The highest BCUT2D eigenvalue weighted by molar-refractivity contribution is 7.92. The fourth-order valence-corrected chi connectivity index (χ4v) is 6.63. The van der Waals surface area contributed by atoms with Crippen LogP contribution in [0.4, 0.5) is 0 Å². The molecule has 32 heavy (non-hydrogen) atoms. The predicted octanol–water partition coefficient (Wildman–Crippen LogP) is 4.01. The average Bonchev–Trinajstić information content (AvgIpc) is 3.16. The highest BCUT2D eigenvalue weighted by atomic mass is 35.5. The highest BCUT2D eigenvalue weighted by Gasteiger charge is 2.64. The van der Waals surface area contributed by atoms with Crippen LogP contribution >= 0.6 is 23.2 Å². The summed E-state index contributed by atoms with van der Waals surface area (Å²) in [6.45, 7) is 4.45. The topological polar surface area (TPSA) is 65.1 Å². The van der Waals surface area contributed by atoms with Crippen molar-refractivity contribution in [2.75, 3.05) is 11.9 Å². The van der Waals surface area contributed by atoms with Crippen molar-refractivity contribution in [3.8, 4) is 0 Å². The number of fused-ring (bicyclic) bond motifs is 5. The van der Waals surface area contributed by atoms with E-state index in [9.17, 15) is 8.42 Å². The summed E-state index contributed by atoms with van der Waals surface area (Å²) in [4.78, 5) is 2.42. The Morgan fingerprint density at radius 2 is 1.53 bits per heavy atom. The maximum atomic E-state index is 13.5.